The largest absolute Gasteiger partial charge is 1.00 e. The zero-order valence-corrected chi connectivity index (χ0v) is 28.7. The molecule has 0 spiro atoms. The molecule has 1 aromatic carbocycles. The van der Waals surface area contributed by atoms with E-state index in [0.29, 0.717) is 5.57 Å². The minimum Gasteiger partial charge on any atom is -1.00 e. The van der Waals surface area contributed by atoms with Gasteiger partial charge >= 0.3 is 0 Å². The van der Waals surface area contributed by atoms with Gasteiger partial charge in [0, 0.05) is 11.5 Å². The standard InChI is InChI=1S/C31H39N5O4S2.2ClH/c1-18-24(27(31(39)40)34-26(18)25(20(3)37)28(34)38)23-16-32-17-33(30(41-5)29(32)42-23)19(2)21-6-8-22(9-7-21)36-13-10-35(4,11-14-36)12-15-36;;/h6-9,16-20,25-26,37H,10-15H2,1-5H3;2*1H/q+2;;/p-2/t18-,19?,20+,25+,26+,35?,36?;;/m0../s1. The predicted octanol–water partition coefficient (Wildman–Crippen LogP) is -4.27. The third kappa shape index (κ3) is 4.73. The van der Waals surface area contributed by atoms with Crippen LogP contribution in [0.1, 0.15) is 37.3 Å². The van der Waals surface area contributed by atoms with E-state index in [-0.39, 0.29) is 54.4 Å². The van der Waals surface area contributed by atoms with Crippen LogP contribution < -0.4 is 39.0 Å². The summed E-state index contributed by atoms with van der Waals surface area (Å²) in [6.45, 7) is 13.2. The second-order valence-electron chi connectivity index (χ2n) is 13.0. The number of carbonyl (C=O) groups excluding carboxylic acids is 2. The van der Waals surface area contributed by atoms with Crippen molar-refractivity contribution in [2.45, 2.75) is 44.0 Å². The molecule has 8 rings (SSSR count). The van der Waals surface area contributed by atoms with E-state index < -0.39 is 18.0 Å². The number of carbonyl (C=O) groups is 2. The Kier molecular flexibility index (Phi) is 8.76. The Labute approximate surface area is 278 Å². The number of imidazole rings is 1. The van der Waals surface area contributed by atoms with Gasteiger partial charge in [-0.1, -0.05) is 30.0 Å². The van der Waals surface area contributed by atoms with E-state index in [9.17, 15) is 19.8 Å². The number of β-lactam (4-membered cyclic amide) rings is 1. The number of quaternary nitrogens is 2. The minimum absolute atomic E-state index is 0. The highest BCUT2D eigenvalue weighted by Gasteiger charge is 2.59. The molecule has 238 valence electrons. The first-order valence-electron chi connectivity index (χ1n) is 14.9. The molecule has 1 N–H and O–H groups in total. The zero-order chi connectivity index (χ0) is 29.7. The quantitative estimate of drug-likeness (QED) is 0.118. The highest BCUT2D eigenvalue weighted by atomic mass is 35.5. The number of carboxylic acids is 1. The van der Waals surface area contributed by atoms with E-state index in [1.165, 1.54) is 59.9 Å². The first-order chi connectivity index (χ1) is 20.0. The van der Waals surface area contributed by atoms with Crippen LogP contribution in [0.3, 0.4) is 0 Å². The number of rotatable bonds is 7. The molecule has 44 heavy (non-hydrogen) atoms. The number of aliphatic hydroxyl groups excluding tert-OH is 1. The Morgan fingerprint density at radius 2 is 1.73 bits per heavy atom. The van der Waals surface area contributed by atoms with Crippen molar-refractivity contribution in [3.63, 3.8) is 0 Å². The Balaban J connectivity index is 0.00000192. The average Bonchev–Trinajstić information content (AvgIpc) is 3.60. The maximum Gasteiger partial charge on any atom is 0.251 e. The topological polar surface area (TPSA) is 89.0 Å². The zero-order valence-electron chi connectivity index (χ0n) is 25.6. The van der Waals surface area contributed by atoms with Crippen LogP contribution in [0.5, 0.6) is 0 Å². The average molecular weight is 681 g/mol. The fourth-order valence-corrected chi connectivity index (χ4v) is 10.2. The summed E-state index contributed by atoms with van der Waals surface area (Å²) >= 11 is 3.22. The maximum absolute atomic E-state index is 12.8. The van der Waals surface area contributed by atoms with Crippen LogP contribution in [-0.2, 0) is 9.59 Å². The molecular formula is C31H39Cl2N5O4S2. The Bertz CT molecular complexity index is 1630. The molecule has 2 bridgehead atoms. The molecule has 2 aromatic heterocycles. The Morgan fingerprint density at radius 3 is 2.27 bits per heavy atom. The van der Waals surface area contributed by atoms with Crippen molar-refractivity contribution >= 4 is 51.1 Å². The number of benzene rings is 1. The summed E-state index contributed by atoms with van der Waals surface area (Å²) in [4.78, 5) is 28.2. The van der Waals surface area contributed by atoms with Crippen LogP contribution in [0.2, 0.25) is 0 Å². The van der Waals surface area contributed by atoms with Gasteiger partial charge in [-0.05, 0) is 49.9 Å². The molecule has 0 radical (unpaired) electrons. The van der Waals surface area contributed by atoms with Crippen molar-refractivity contribution in [2.75, 3.05) is 52.6 Å². The second kappa shape index (κ2) is 11.6. The minimum atomic E-state index is -1.35. The Morgan fingerprint density at radius 1 is 1.11 bits per heavy atom. The van der Waals surface area contributed by atoms with Crippen LogP contribution in [-0.4, -0.2) is 95.5 Å². The molecular weight excluding hydrogens is 641 g/mol. The monoisotopic (exact) mass is 679 g/mol. The van der Waals surface area contributed by atoms with Gasteiger partial charge in [-0.25, -0.2) is 4.57 Å². The van der Waals surface area contributed by atoms with Crippen LogP contribution in [0, 0.1) is 11.8 Å². The fourth-order valence-electron chi connectivity index (χ4n) is 7.97. The lowest BCUT2D eigenvalue weighted by Crippen LogP contribution is -3.00. The van der Waals surface area contributed by atoms with Crippen LogP contribution in [0.15, 0.2) is 47.5 Å². The maximum atomic E-state index is 12.8. The molecule has 5 aliphatic rings. The van der Waals surface area contributed by atoms with Gasteiger partial charge in [0.2, 0.25) is 15.8 Å². The number of piperazine rings is 3. The smallest absolute Gasteiger partial charge is 0.251 e. The van der Waals surface area contributed by atoms with Gasteiger partial charge in [0.25, 0.3) is 6.33 Å². The van der Waals surface area contributed by atoms with Gasteiger partial charge in [0.05, 0.1) is 41.7 Å². The van der Waals surface area contributed by atoms with Gasteiger partial charge in [-0.2, -0.15) is 4.40 Å². The Hall–Kier alpha value is -2.12. The second-order valence-corrected chi connectivity index (χ2v) is 14.8. The molecule has 13 heteroatoms. The van der Waals surface area contributed by atoms with E-state index in [1.807, 2.05) is 13.1 Å². The molecule has 9 nitrogen and oxygen atoms in total. The first-order valence-corrected chi connectivity index (χ1v) is 16.9. The van der Waals surface area contributed by atoms with Gasteiger partial charge < -0.3 is 49.2 Å². The molecule has 5 aliphatic heterocycles. The summed E-state index contributed by atoms with van der Waals surface area (Å²) in [6, 6.07) is 9.01. The molecule has 7 heterocycles. The summed E-state index contributed by atoms with van der Waals surface area (Å²) < 4.78 is 6.70. The van der Waals surface area contributed by atoms with Crippen LogP contribution in [0.4, 0.5) is 5.69 Å². The summed E-state index contributed by atoms with van der Waals surface area (Å²) in [5, 5.41) is 23.6. The van der Waals surface area contributed by atoms with Crippen molar-refractivity contribution in [2.24, 2.45) is 11.8 Å². The number of carboxylic acid groups (broad SMARTS) is 1. The van der Waals surface area contributed by atoms with E-state index in [1.54, 1.807) is 30.0 Å². The van der Waals surface area contributed by atoms with Crippen molar-refractivity contribution in [3.8, 4) is 0 Å². The number of nitrogens with zero attached hydrogens (tertiary/aromatic N) is 5. The summed E-state index contributed by atoms with van der Waals surface area (Å²) in [5.74, 6) is -2.51. The number of amides is 1. The predicted molar refractivity (Wildman–Crippen MR) is 162 cm³/mol. The number of aromatic nitrogens is 2. The fraction of sp³-hybridized carbons (Fsp3) is 0.516. The first kappa shape index (κ1) is 33.2. The van der Waals surface area contributed by atoms with E-state index in [4.69, 9.17) is 0 Å². The van der Waals surface area contributed by atoms with Gasteiger partial charge in [0.15, 0.2) is 0 Å². The lowest BCUT2D eigenvalue weighted by atomic mass is 9.77. The normalized spacial score (nSPS) is 30.5. The molecule has 1 unspecified atom stereocenters. The number of thioether (sulfide) groups is 1. The van der Waals surface area contributed by atoms with Gasteiger partial charge in [-0.15, -0.1) is 0 Å². The molecule has 5 atom stereocenters. The van der Waals surface area contributed by atoms with Gasteiger partial charge in [-0.3, -0.25) is 9.28 Å². The van der Waals surface area contributed by atoms with Crippen LogP contribution >= 0.6 is 23.1 Å². The number of fused-ring (bicyclic) bond motifs is 5. The molecule has 0 saturated carbocycles. The lowest BCUT2D eigenvalue weighted by molar-refractivity contribution is -0.922. The number of aliphatic hydroxyl groups is 1. The molecule has 4 saturated heterocycles. The van der Waals surface area contributed by atoms with E-state index in [2.05, 4.69) is 59.8 Å². The number of hydrogen-bond acceptors (Lipinski definition) is 6. The number of likely N-dealkylation sites (N-methyl/N-ethyl adjacent to an activating group) is 1. The third-order valence-corrected chi connectivity index (χ3v) is 12.8. The summed E-state index contributed by atoms with van der Waals surface area (Å²) in [5.41, 5.74) is 3.25. The molecule has 3 aromatic rings. The van der Waals surface area contributed by atoms with Crippen molar-refractivity contribution in [1.82, 2.24) is 13.8 Å². The highest BCUT2D eigenvalue weighted by Crippen LogP contribution is 2.51. The lowest BCUT2D eigenvalue weighted by Gasteiger charge is -2.53. The van der Waals surface area contributed by atoms with Crippen molar-refractivity contribution < 1.29 is 53.7 Å². The number of hydrogen-bond donors (Lipinski definition) is 1. The highest BCUT2D eigenvalue weighted by molar-refractivity contribution is 7.98. The van der Waals surface area contributed by atoms with Crippen molar-refractivity contribution in [3.05, 3.63) is 52.9 Å². The summed E-state index contributed by atoms with van der Waals surface area (Å²) in [6.07, 6.45) is 5.30. The van der Waals surface area contributed by atoms with Crippen molar-refractivity contribution in [1.29, 1.82) is 0 Å². The van der Waals surface area contributed by atoms with Crippen LogP contribution in [0.25, 0.3) is 10.4 Å². The SMILES string of the molecule is CSc1c2sc(C3=C(C(=O)[O-])N4C(=O)[C@H]([C@@H](C)O)[C@H]4[C@H]3C)cn2c[n+]1C(C)c1ccc([N+]23CC[N+](C)(CC2)CC3)cc1.[Cl-].[Cl-]. The molecule has 4 fully saturated rings. The van der Waals surface area contributed by atoms with Gasteiger partial charge in [0.1, 0.15) is 57.2 Å². The molecule has 0 aliphatic carbocycles. The van der Waals surface area contributed by atoms with E-state index in [0.717, 1.165) is 19.2 Å². The number of thiazole rings is 1. The number of halogens is 2. The van der Waals surface area contributed by atoms with E-state index >= 15 is 0 Å². The third-order valence-electron chi connectivity index (χ3n) is 10.7. The molecule has 1 amide bonds. The summed E-state index contributed by atoms with van der Waals surface area (Å²) in [7, 11) is 2.40. The number of aliphatic carboxylic acids is 1.